The lowest BCUT2D eigenvalue weighted by atomic mass is 10.1. The van der Waals surface area contributed by atoms with E-state index in [1.165, 1.54) is 0 Å². The first kappa shape index (κ1) is 12.2. The fraction of sp³-hybridized carbons (Fsp3) is 0.400. The summed E-state index contributed by atoms with van der Waals surface area (Å²) in [6.07, 6.45) is 0. The van der Waals surface area contributed by atoms with Crippen molar-refractivity contribution in [3.05, 3.63) is 40.7 Å². The number of aromatic amines is 1. The zero-order valence-electron chi connectivity index (χ0n) is 11.3. The van der Waals surface area contributed by atoms with E-state index < -0.39 is 0 Å². The lowest BCUT2D eigenvalue weighted by Gasteiger charge is -2.37. The Balaban J connectivity index is 2.03. The Morgan fingerprint density at radius 1 is 1.16 bits per heavy atom. The second-order valence-corrected chi connectivity index (χ2v) is 5.44. The Hall–Kier alpha value is -1.81. The van der Waals surface area contributed by atoms with Gasteiger partial charge in [0.2, 0.25) is 0 Å². The molecule has 0 saturated carbocycles. The van der Waals surface area contributed by atoms with Gasteiger partial charge in [0.25, 0.3) is 5.56 Å². The van der Waals surface area contributed by atoms with Crippen LogP contribution >= 0.6 is 0 Å². The molecule has 2 unspecified atom stereocenters. The van der Waals surface area contributed by atoms with Gasteiger partial charge in [-0.05, 0) is 31.4 Å². The Kier molecular flexibility index (Phi) is 3.03. The molecule has 3 rings (SSSR count). The van der Waals surface area contributed by atoms with Crippen molar-refractivity contribution in [3.8, 4) is 0 Å². The van der Waals surface area contributed by atoms with Gasteiger partial charge < -0.3 is 15.2 Å². The highest BCUT2D eigenvalue weighted by Gasteiger charge is 2.21. The Morgan fingerprint density at radius 2 is 1.84 bits per heavy atom. The van der Waals surface area contributed by atoms with Gasteiger partial charge in [0.15, 0.2) is 0 Å². The molecule has 0 amide bonds. The Morgan fingerprint density at radius 3 is 2.58 bits per heavy atom. The molecule has 1 fully saturated rings. The van der Waals surface area contributed by atoms with Crippen LogP contribution < -0.4 is 15.8 Å². The van der Waals surface area contributed by atoms with Crippen molar-refractivity contribution >= 4 is 16.6 Å². The van der Waals surface area contributed by atoms with Crippen LogP contribution in [0.3, 0.4) is 0 Å². The normalized spacial score (nSPS) is 23.8. The molecule has 2 N–H and O–H groups in total. The quantitative estimate of drug-likeness (QED) is 0.817. The summed E-state index contributed by atoms with van der Waals surface area (Å²) in [7, 11) is 0. The van der Waals surface area contributed by atoms with Crippen LogP contribution in [0.2, 0.25) is 0 Å². The summed E-state index contributed by atoms with van der Waals surface area (Å²) in [6.45, 7) is 6.17. The second-order valence-electron chi connectivity index (χ2n) is 5.44. The largest absolute Gasteiger partial charge is 0.355 e. The van der Waals surface area contributed by atoms with Crippen molar-refractivity contribution in [2.24, 2.45) is 0 Å². The van der Waals surface area contributed by atoms with Crippen LogP contribution in [-0.4, -0.2) is 30.2 Å². The molecule has 0 aliphatic carbocycles. The number of benzene rings is 1. The molecule has 4 heteroatoms. The van der Waals surface area contributed by atoms with E-state index in [1.807, 2.05) is 24.3 Å². The molecule has 1 aliphatic heterocycles. The lowest BCUT2D eigenvalue weighted by molar-refractivity contribution is 0.405. The molecule has 2 atom stereocenters. The summed E-state index contributed by atoms with van der Waals surface area (Å²) >= 11 is 0. The maximum atomic E-state index is 12.1. The van der Waals surface area contributed by atoms with Crippen LogP contribution in [0.25, 0.3) is 10.8 Å². The van der Waals surface area contributed by atoms with Gasteiger partial charge in [0.05, 0.1) is 0 Å². The Labute approximate surface area is 112 Å². The van der Waals surface area contributed by atoms with E-state index in [-0.39, 0.29) is 5.56 Å². The molecule has 2 heterocycles. The first-order chi connectivity index (χ1) is 9.13. The number of piperazine rings is 1. The zero-order valence-corrected chi connectivity index (χ0v) is 11.3. The third-order valence-electron chi connectivity index (χ3n) is 3.64. The third kappa shape index (κ3) is 2.36. The van der Waals surface area contributed by atoms with Crippen LogP contribution in [0.1, 0.15) is 13.8 Å². The minimum Gasteiger partial charge on any atom is -0.355 e. The standard InChI is InChI=1S/C15H19N3O/c1-10-8-18(9-11(2)16-10)14-7-12-5-3-4-6-13(12)15(19)17-14/h3-7,10-11,16H,8-9H2,1-2H3,(H,17,19). The first-order valence-electron chi connectivity index (χ1n) is 6.76. The van der Waals surface area contributed by atoms with E-state index in [0.29, 0.717) is 12.1 Å². The van der Waals surface area contributed by atoms with E-state index in [1.54, 1.807) is 0 Å². The summed E-state index contributed by atoms with van der Waals surface area (Å²) in [5.74, 6) is 0.920. The second kappa shape index (κ2) is 4.70. The number of rotatable bonds is 1. The van der Waals surface area contributed by atoms with E-state index in [9.17, 15) is 4.79 Å². The van der Waals surface area contributed by atoms with Gasteiger partial charge in [-0.2, -0.15) is 0 Å². The average molecular weight is 257 g/mol. The monoisotopic (exact) mass is 257 g/mol. The van der Waals surface area contributed by atoms with Crippen molar-refractivity contribution < 1.29 is 0 Å². The van der Waals surface area contributed by atoms with Crippen molar-refractivity contribution in [1.82, 2.24) is 10.3 Å². The molecule has 0 spiro atoms. The molecule has 0 radical (unpaired) electrons. The van der Waals surface area contributed by atoms with Gasteiger partial charge in [-0.1, -0.05) is 18.2 Å². The van der Waals surface area contributed by atoms with E-state index >= 15 is 0 Å². The number of pyridine rings is 1. The maximum absolute atomic E-state index is 12.1. The summed E-state index contributed by atoms with van der Waals surface area (Å²) in [5.41, 5.74) is -0.00746. The zero-order chi connectivity index (χ0) is 13.4. The first-order valence-corrected chi connectivity index (χ1v) is 6.76. The number of anilines is 1. The van der Waals surface area contributed by atoms with Crippen molar-refractivity contribution in [2.45, 2.75) is 25.9 Å². The number of aromatic nitrogens is 1. The molecular formula is C15H19N3O. The molecule has 19 heavy (non-hydrogen) atoms. The highest BCUT2D eigenvalue weighted by Crippen LogP contribution is 2.18. The van der Waals surface area contributed by atoms with Crippen molar-refractivity contribution in [1.29, 1.82) is 0 Å². The molecule has 2 aromatic rings. The summed E-state index contributed by atoms with van der Waals surface area (Å²) in [4.78, 5) is 17.4. The predicted octanol–water partition coefficient (Wildman–Crippen LogP) is 1.71. The number of fused-ring (bicyclic) bond motifs is 1. The van der Waals surface area contributed by atoms with E-state index in [4.69, 9.17) is 0 Å². The third-order valence-corrected chi connectivity index (χ3v) is 3.64. The summed E-state index contributed by atoms with van der Waals surface area (Å²) < 4.78 is 0. The molecule has 100 valence electrons. The lowest BCUT2D eigenvalue weighted by Crippen LogP contribution is -2.54. The molecule has 4 nitrogen and oxygen atoms in total. The van der Waals surface area contributed by atoms with Crippen LogP contribution in [-0.2, 0) is 0 Å². The molecule has 1 saturated heterocycles. The SMILES string of the molecule is CC1CN(c2cc3ccccc3c(=O)[nH]2)CC(C)N1. The molecule has 1 aromatic carbocycles. The maximum Gasteiger partial charge on any atom is 0.257 e. The highest BCUT2D eigenvalue weighted by atomic mass is 16.1. The molecular weight excluding hydrogens is 238 g/mol. The van der Waals surface area contributed by atoms with Gasteiger partial charge in [0.1, 0.15) is 5.82 Å². The van der Waals surface area contributed by atoms with Crippen LogP contribution in [0, 0.1) is 0 Å². The summed E-state index contributed by atoms with van der Waals surface area (Å²) in [5, 5.41) is 5.25. The van der Waals surface area contributed by atoms with Crippen molar-refractivity contribution in [3.63, 3.8) is 0 Å². The smallest absolute Gasteiger partial charge is 0.257 e. The van der Waals surface area contributed by atoms with Crippen LogP contribution in [0.4, 0.5) is 5.82 Å². The Bertz CT molecular complexity index is 639. The van der Waals surface area contributed by atoms with Gasteiger partial charge in [-0.3, -0.25) is 4.79 Å². The number of nitrogens with one attached hydrogen (secondary N) is 2. The van der Waals surface area contributed by atoms with Gasteiger partial charge in [-0.25, -0.2) is 0 Å². The number of H-pyrrole nitrogens is 1. The minimum atomic E-state index is -0.00746. The average Bonchev–Trinajstić information content (AvgIpc) is 2.37. The van der Waals surface area contributed by atoms with Gasteiger partial charge in [-0.15, -0.1) is 0 Å². The number of nitrogens with zero attached hydrogens (tertiary/aromatic N) is 1. The van der Waals surface area contributed by atoms with Crippen molar-refractivity contribution in [2.75, 3.05) is 18.0 Å². The predicted molar refractivity (Wildman–Crippen MR) is 78.8 cm³/mol. The minimum absolute atomic E-state index is 0.00746. The molecule has 1 aliphatic rings. The van der Waals surface area contributed by atoms with Crippen LogP contribution in [0.5, 0.6) is 0 Å². The van der Waals surface area contributed by atoms with Gasteiger partial charge >= 0.3 is 0 Å². The summed E-state index contributed by atoms with van der Waals surface area (Å²) in [6, 6.07) is 10.6. The van der Waals surface area contributed by atoms with Gasteiger partial charge in [0, 0.05) is 30.6 Å². The topological polar surface area (TPSA) is 48.1 Å². The molecule has 0 bridgehead atoms. The number of hydrogen-bond acceptors (Lipinski definition) is 3. The molecule has 1 aromatic heterocycles. The number of hydrogen-bond donors (Lipinski definition) is 2. The van der Waals surface area contributed by atoms with E-state index in [0.717, 1.165) is 29.7 Å². The van der Waals surface area contributed by atoms with E-state index in [2.05, 4.69) is 35.1 Å². The fourth-order valence-corrected chi connectivity index (χ4v) is 2.89. The highest BCUT2D eigenvalue weighted by molar-refractivity contribution is 5.83. The van der Waals surface area contributed by atoms with Crippen LogP contribution in [0.15, 0.2) is 35.1 Å². The fourth-order valence-electron chi connectivity index (χ4n) is 2.89.